The molecule has 1 saturated heterocycles. The molecule has 1 aromatic heterocycles. The second-order valence-corrected chi connectivity index (χ2v) is 7.49. The van der Waals surface area contributed by atoms with Gasteiger partial charge in [0.25, 0.3) is 0 Å². The van der Waals surface area contributed by atoms with Crippen molar-refractivity contribution >= 4 is 10.9 Å². The van der Waals surface area contributed by atoms with Gasteiger partial charge < -0.3 is 39.8 Å². The Kier molecular flexibility index (Phi) is 7.50. The average Bonchev–Trinajstić information content (AvgIpc) is 3.15. The minimum absolute atomic E-state index is 0.491. The molecule has 0 saturated carbocycles. The van der Waals surface area contributed by atoms with Gasteiger partial charge in [-0.05, 0) is 43.6 Å². The largest absolute Gasteiger partial charge is 0.461 e. The lowest BCUT2D eigenvalue weighted by Crippen LogP contribution is -2.60. The summed E-state index contributed by atoms with van der Waals surface area (Å²) in [5.41, 5.74) is 2.00. The summed E-state index contributed by atoms with van der Waals surface area (Å²) in [6.07, 6.45) is -2.62. The van der Waals surface area contributed by atoms with E-state index in [1.807, 2.05) is 18.3 Å². The third kappa shape index (κ3) is 4.74. The van der Waals surface area contributed by atoms with Crippen molar-refractivity contribution in [1.29, 1.82) is 0 Å². The van der Waals surface area contributed by atoms with E-state index >= 15 is 0 Å². The van der Waals surface area contributed by atoms with Gasteiger partial charge in [-0.25, -0.2) is 0 Å². The Morgan fingerprint density at radius 1 is 1.10 bits per heavy atom. The number of fused-ring (bicyclic) bond motifs is 1. The second kappa shape index (κ2) is 9.88. The van der Waals surface area contributed by atoms with Crippen molar-refractivity contribution in [2.24, 2.45) is 0 Å². The van der Waals surface area contributed by atoms with Crippen molar-refractivity contribution in [1.82, 2.24) is 9.88 Å². The Labute approximate surface area is 170 Å². The maximum absolute atomic E-state index is 10.3. The summed E-state index contributed by atoms with van der Waals surface area (Å²) in [5, 5.41) is 40.5. The first-order valence-electron chi connectivity index (χ1n) is 10.3. The standard InChI is InChI=1S/C21H32N2O6/c1-3-9-23(4-2)10-8-13-11-22-14-6-5-7-15(17(13)14)28-21-20(27)19(26)18(25)16(12-24)29-21/h5-7,11,16,18-22,24-27H,3-4,8-10,12H2,1-2H3/t16-,18-,19+,20-,21+/m1/s1. The highest BCUT2D eigenvalue weighted by atomic mass is 16.7. The summed E-state index contributed by atoms with van der Waals surface area (Å²) < 4.78 is 11.4. The third-order valence-electron chi connectivity index (χ3n) is 5.53. The smallest absolute Gasteiger partial charge is 0.229 e. The number of nitrogens with one attached hydrogen (secondary N) is 1. The zero-order valence-corrected chi connectivity index (χ0v) is 17.0. The van der Waals surface area contributed by atoms with Gasteiger partial charge in [0.15, 0.2) is 0 Å². The molecule has 1 aliphatic heterocycles. The number of likely N-dealkylation sites (N-methyl/N-ethyl adjacent to an activating group) is 1. The van der Waals surface area contributed by atoms with E-state index in [0.717, 1.165) is 48.9 Å². The third-order valence-corrected chi connectivity index (χ3v) is 5.53. The van der Waals surface area contributed by atoms with E-state index in [4.69, 9.17) is 9.47 Å². The van der Waals surface area contributed by atoms with Crippen LogP contribution in [0, 0.1) is 0 Å². The molecule has 1 fully saturated rings. The van der Waals surface area contributed by atoms with E-state index < -0.39 is 37.3 Å². The molecule has 5 atom stereocenters. The summed E-state index contributed by atoms with van der Waals surface area (Å²) in [5.74, 6) is 0.515. The Bertz CT molecular complexity index is 780. The average molecular weight is 408 g/mol. The van der Waals surface area contributed by atoms with Crippen LogP contribution in [0.4, 0.5) is 0 Å². The molecular formula is C21H32N2O6. The van der Waals surface area contributed by atoms with E-state index in [9.17, 15) is 20.4 Å². The lowest BCUT2D eigenvalue weighted by molar-refractivity contribution is -0.277. The van der Waals surface area contributed by atoms with Crippen LogP contribution in [0.5, 0.6) is 5.75 Å². The Balaban J connectivity index is 1.81. The predicted molar refractivity (Wildman–Crippen MR) is 109 cm³/mol. The van der Waals surface area contributed by atoms with Crippen LogP contribution in [0.1, 0.15) is 25.8 Å². The van der Waals surface area contributed by atoms with Crippen LogP contribution in [0.2, 0.25) is 0 Å². The number of aliphatic hydroxyl groups excluding tert-OH is 4. The van der Waals surface area contributed by atoms with Gasteiger partial charge in [-0.3, -0.25) is 0 Å². The molecule has 0 bridgehead atoms. The molecule has 0 radical (unpaired) electrons. The van der Waals surface area contributed by atoms with Crippen molar-refractivity contribution in [3.8, 4) is 5.75 Å². The first kappa shape index (κ1) is 22.0. The first-order valence-corrected chi connectivity index (χ1v) is 10.3. The zero-order chi connectivity index (χ0) is 21.0. The number of rotatable bonds is 9. The maximum atomic E-state index is 10.3. The zero-order valence-electron chi connectivity index (χ0n) is 17.0. The van der Waals surface area contributed by atoms with Crippen LogP contribution in [-0.4, -0.2) is 87.3 Å². The van der Waals surface area contributed by atoms with Crippen LogP contribution in [0.15, 0.2) is 24.4 Å². The van der Waals surface area contributed by atoms with Crippen molar-refractivity contribution < 1.29 is 29.9 Å². The van der Waals surface area contributed by atoms with Crippen LogP contribution in [0.25, 0.3) is 10.9 Å². The first-order chi connectivity index (χ1) is 14.0. The minimum Gasteiger partial charge on any atom is -0.461 e. The molecule has 0 unspecified atom stereocenters. The van der Waals surface area contributed by atoms with Crippen molar-refractivity contribution in [2.75, 3.05) is 26.2 Å². The monoisotopic (exact) mass is 408 g/mol. The molecule has 2 heterocycles. The normalized spacial score (nSPS) is 27.6. The van der Waals surface area contributed by atoms with Gasteiger partial charge in [0.05, 0.1) is 6.61 Å². The van der Waals surface area contributed by atoms with Gasteiger partial charge in [-0.2, -0.15) is 0 Å². The number of ether oxygens (including phenoxy) is 2. The number of hydrogen-bond acceptors (Lipinski definition) is 7. The summed E-state index contributed by atoms with van der Waals surface area (Å²) in [7, 11) is 0. The van der Waals surface area contributed by atoms with Crippen LogP contribution >= 0.6 is 0 Å². The summed E-state index contributed by atoms with van der Waals surface area (Å²) in [6, 6.07) is 5.56. The molecule has 8 heteroatoms. The Morgan fingerprint density at radius 3 is 2.59 bits per heavy atom. The fourth-order valence-corrected chi connectivity index (χ4v) is 3.83. The Morgan fingerprint density at radius 2 is 1.90 bits per heavy atom. The van der Waals surface area contributed by atoms with Gasteiger partial charge in [0.2, 0.25) is 6.29 Å². The van der Waals surface area contributed by atoms with Gasteiger partial charge >= 0.3 is 0 Å². The summed E-state index contributed by atoms with van der Waals surface area (Å²) >= 11 is 0. The number of aliphatic hydroxyl groups is 4. The van der Waals surface area contributed by atoms with Crippen LogP contribution < -0.4 is 4.74 Å². The molecule has 0 amide bonds. The van der Waals surface area contributed by atoms with Crippen molar-refractivity contribution in [3.05, 3.63) is 30.0 Å². The molecular weight excluding hydrogens is 376 g/mol. The number of aromatic amines is 1. The molecule has 5 N–H and O–H groups in total. The lowest BCUT2D eigenvalue weighted by atomic mass is 9.99. The highest BCUT2D eigenvalue weighted by Crippen LogP contribution is 2.32. The quantitative estimate of drug-likeness (QED) is 0.413. The van der Waals surface area contributed by atoms with Crippen molar-refractivity contribution in [3.63, 3.8) is 0 Å². The van der Waals surface area contributed by atoms with Crippen molar-refractivity contribution in [2.45, 2.75) is 57.4 Å². The fraction of sp³-hybridized carbons (Fsp3) is 0.619. The lowest BCUT2D eigenvalue weighted by Gasteiger charge is -2.39. The molecule has 0 aliphatic carbocycles. The molecule has 29 heavy (non-hydrogen) atoms. The maximum Gasteiger partial charge on any atom is 0.229 e. The number of H-pyrrole nitrogens is 1. The molecule has 2 aromatic rings. The van der Waals surface area contributed by atoms with E-state index in [1.165, 1.54) is 0 Å². The van der Waals surface area contributed by atoms with E-state index in [2.05, 4.69) is 23.7 Å². The minimum atomic E-state index is -1.47. The number of aromatic nitrogens is 1. The summed E-state index contributed by atoms with van der Waals surface area (Å²) in [4.78, 5) is 5.64. The molecule has 8 nitrogen and oxygen atoms in total. The number of hydrogen-bond donors (Lipinski definition) is 5. The van der Waals surface area contributed by atoms with Crippen LogP contribution in [-0.2, 0) is 11.2 Å². The molecule has 1 aromatic carbocycles. The topological polar surface area (TPSA) is 118 Å². The highest BCUT2D eigenvalue weighted by Gasteiger charge is 2.44. The van der Waals surface area contributed by atoms with Crippen LogP contribution in [0.3, 0.4) is 0 Å². The summed E-state index contributed by atoms with van der Waals surface area (Å²) in [6.45, 7) is 6.79. The SMILES string of the molecule is CCCN(CC)CCc1c[nH]c2cccc(O[C@H]3O[C@H](CO)[C@@H](O)[C@H](O)[C@H]3O)c12. The molecule has 1 aliphatic rings. The molecule has 0 spiro atoms. The molecule has 3 rings (SSSR count). The second-order valence-electron chi connectivity index (χ2n) is 7.49. The van der Waals surface area contributed by atoms with Gasteiger partial charge in [0, 0.05) is 23.6 Å². The molecule has 162 valence electrons. The van der Waals surface area contributed by atoms with Gasteiger partial charge in [0.1, 0.15) is 30.2 Å². The predicted octanol–water partition coefficient (Wildman–Crippen LogP) is 0.621. The number of benzene rings is 1. The van der Waals surface area contributed by atoms with Gasteiger partial charge in [-0.15, -0.1) is 0 Å². The van der Waals surface area contributed by atoms with E-state index in [0.29, 0.717) is 5.75 Å². The highest BCUT2D eigenvalue weighted by molar-refractivity contribution is 5.89. The van der Waals surface area contributed by atoms with E-state index in [1.54, 1.807) is 6.07 Å². The number of nitrogens with zero attached hydrogens (tertiary/aromatic N) is 1. The van der Waals surface area contributed by atoms with Gasteiger partial charge in [-0.1, -0.05) is 19.9 Å². The fourth-order valence-electron chi connectivity index (χ4n) is 3.83. The Hall–Kier alpha value is -1.68. The van der Waals surface area contributed by atoms with E-state index in [-0.39, 0.29) is 0 Å².